The lowest BCUT2D eigenvalue weighted by Gasteiger charge is -2.24. The lowest BCUT2D eigenvalue weighted by Crippen LogP contribution is -2.21. The normalized spacial score (nSPS) is 11.5. The summed E-state index contributed by atoms with van der Waals surface area (Å²) in [6.07, 6.45) is 3.31. The number of hydrogen-bond donors (Lipinski definition) is 0. The number of carbonyl (C=O) groups is 2. The predicted molar refractivity (Wildman–Crippen MR) is 125 cm³/mol. The third kappa shape index (κ3) is 6.20. The van der Waals surface area contributed by atoms with Crippen molar-refractivity contribution in [1.82, 2.24) is 4.90 Å². The van der Waals surface area contributed by atoms with Crippen molar-refractivity contribution in [2.24, 2.45) is 0 Å². The monoisotopic (exact) mass is 423 g/mol. The van der Waals surface area contributed by atoms with Crippen LogP contribution in [-0.4, -0.2) is 43.9 Å². The minimum atomic E-state index is -0.141. The van der Waals surface area contributed by atoms with Crippen LogP contribution in [0.1, 0.15) is 66.5 Å². The molecule has 2 rings (SSSR count). The number of nitrogens with zero attached hydrogens (tertiary/aromatic N) is 1. The summed E-state index contributed by atoms with van der Waals surface area (Å²) < 4.78 is 11.7. The molecule has 2 aromatic rings. The highest BCUT2D eigenvalue weighted by Gasteiger charge is 2.21. The smallest absolute Gasteiger partial charge is 0.253 e. The molecular weight excluding hydrogens is 390 g/mol. The Kier molecular flexibility index (Phi) is 8.03. The highest BCUT2D eigenvalue weighted by atomic mass is 16.5. The fourth-order valence-corrected chi connectivity index (χ4v) is 3.15. The molecule has 0 heterocycles. The zero-order chi connectivity index (χ0) is 23.2. The molecule has 0 unspecified atom stereocenters. The van der Waals surface area contributed by atoms with Crippen LogP contribution in [0, 0.1) is 0 Å². The second kappa shape index (κ2) is 10.3. The zero-order valence-corrected chi connectivity index (χ0v) is 19.6. The van der Waals surface area contributed by atoms with Crippen LogP contribution in [0.25, 0.3) is 6.08 Å². The van der Waals surface area contributed by atoms with Crippen molar-refractivity contribution >= 4 is 17.8 Å². The van der Waals surface area contributed by atoms with Crippen LogP contribution in [-0.2, 0) is 5.41 Å². The molecule has 1 amide bonds. The van der Waals surface area contributed by atoms with Crippen LogP contribution < -0.4 is 9.47 Å². The van der Waals surface area contributed by atoms with Crippen molar-refractivity contribution in [3.05, 3.63) is 64.7 Å². The number of rotatable bonds is 8. The summed E-state index contributed by atoms with van der Waals surface area (Å²) in [7, 11) is 3.39. The lowest BCUT2D eigenvalue weighted by molar-refractivity contribution is 0.0827. The Morgan fingerprint density at radius 3 is 1.97 bits per heavy atom. The molecule has 0 atom stereocenters. The summed E-state index contributed by atoms with van der Waals surface area (Å²) >= 11 is 0. The lowest BCUT2D eigenvalue weighted by atomic mass is 9.85. The number of ketones is 1. The fourth-order valence-electron chi connectivity index (χ4n) is 3.15. The van der Waals surface area contributed by atoms with E-state index in [1.807, 2.05) is 26.0 Å². The largest absolute Gasteiger partial charge is 0.493 e. The summed E-state index contributed by atoms with van der Waals surface area (Å²) in [6.45, 7) is 11.3. The summed E-state index contributed by atoms with van der Waals surface area (Å²) in [6, 6.07) is 10.6. The molecule has 2 aromatic carbocycles. The first-order valence-electron chi connectivity index (χ1n) is 10.6. The van der Waals surface area contributed by atoms with Crippen molar-refractivity contribution in [3.63, 3.8) is 0 Å². The maximum atomic E-state index is 12.7. The standard InChI is InChI=1S/C26H33NO4/c1-8-30-23-17-24(31-9-2)21(26(3,4)5)16-20(23)14-15-22(28)18-10-12-19(13-11-18)25(29)27(6)7/h10-17H,8-9H2,1-7H3/b15-14+. The third-order valence-corrected chi connectivity index (χ3v) is 4.76. The second-order valence-electron chi connectivity index (χ2n) is 8.48. The molecule has 0 aliphatic carbocycles. The summed E-state index contributed by atoms with van der Waals surface area (Å²) in [5, 5.41) is 0. The number of hydrogen-bond acceptors (Lipinski definition) is 4. The van der Waals surface area contributed by atoms with E-state index in [0.29, 0.717) is 30.1 Å². The van der Waals surface area contributed by atoms with E-state index >= 15 is 0 Å². The Hall–Kier alpha value is -3.08. The van der Waals surface area contributed by atoms with Gasteiger partial charge in [0.25, 0.3) is 5.91 Å². The van der Waals surface area contributed by atoms with Crippen LogP contribution >= 0.6 is 0 Å². The van der Waals surface area contributed by atoms with Gasteiger partial charge in [-0.05, 0) is 49.6 Å². The Labute approximate surface area is 185 Å². The first-order valence-corrected chi connectivity index (χ1v) is 10.6. The van der Waals surface area contributed by atoms with Gasteiger partial charge in [-0.1, -0.05) is 32.9 Å². The van der Waals surface area contributed by atoms with Gasteiger partial charge in [-0.25, -0.2) is 0 Å². The average molecular weight is 424 g/mol. The van der Waals surface area contributed by atoms with Crippen LogP contribution in [0.5, 0.6) is 11.5 Å². The fraction of sp³-hybridized carbons (Fsp3) is 0.385. The van der Waals surface area contributed by atoms with Gasteiger partial charge in [-0.15, -0.1) is 0 Å². The van der Waals surface area contributed by atoms with Crippen LogP contribution in [0.3, 0.4) is 0 Å². The van der Waals surface area contributed by atoms with Crippen LogP contribution in [0.2, 0.25) is 0 Å². The van der Waals surface area contributed by atoms with Crippen molar-refractivity contribution < 1.29 is 19.1 Å². The van der Waals surface area contributed by atoms with E-state index in [1.165, 1.54) is 11.0 Å². The quantitative estimate of drug-likeness (QED) is 0.423. The molecule has 5 nitrogen and oxygen atoms in total. The highest BCUT2D eigenvalue weighted by Crippen LogP contribution is 2.37. The van der Waals surface area contributed by atoms with E-state index in [-0.39, 0.29) is 17.1 Å². The molecule has 0 aromatic heterocycles. The predicted octanol–water partition coefficient (Wildman–Crippen LogP) is 5.38. The third-order valence-electron chi connectivity index (χ3n) is 4.76. The van der Waals surface area contributed by atoms with Crippen molar-refractivity contribution in [3.8, 4) is 11.5 Å². The molecule has 0 saturated heterocycles. The van der Waals surface area contributed by atoms with E-state index in [2.05, 4.69) is 20.8 Å². The number of benzene rings is 2. The van der Waals surface area contributed by atoms with Gasteiger partial charge in [0.05, 0.1) is 13.2 Å². The number of carbonyl (C=O) groups excluding carboxylic acids is 2. The highest BCUT2D eigenvalue weighted by molar-refractivity contribution is 6.07. The molecule has 0 fully saturated rings. The Morgan fingerprint density at radius 1 is 0.903 bits per heavy atom. The molecule has 0 aliphatic rings. The summed E-state index contributed by atoms with van der Waals surface area (Å²) in [5.41, 5.74) is 2.81. The van der Waals surface area contributed by atoms with Gasteiger partial charge in [-0.3, -0.25) is 9.59 Å². The maximum absolute atomic E-state index is 12.7. The summed E-state index contributed by atoms with van der Waals surface area (Å²) in [5.74, 6) is 1.23. The summed E-state index contributed by atoms with van der Waals surface area (Å²) in [4.78, 5) is 26.2. The molecule has 0 spiro atoms. The van der Waals surface area contributed by atoms with Gasteiger partial charge >= 0.3 is 0 Å². The minimum Gasteiger partial charge on any atom is -0.493 e. The number of amides is 1. The van der Waals surface area contributed by atoms with E-state index in [0.717, 1.165) is 16.9 Å². The maximum Gasteiger partial charge on any atom is 0.253 e. The Morgan fingerprint density at radius 2 is 1.45 bits per heavy atom. The van der Waals surface area contributed by atoms with Gasteiger partial charge in [0.1, 0.15) is 11.5 Å². The number of allylic oxidation sites excluding steroid dienone is 1. The first-order chi connectivity index (χ1) is 14.6. The topological polar surface area (TPSA) is 55.8 Å². The molecule has 0 radical (unpaired) electrons. The van der Waals surface area contributed by atoms with Crippen molar-refractivity contribution in [2.45, 2.75) is 40.0 Å². The molecule has 31 heavy (non-hydrogen) atoms. The van der Waals surface area contributed by atoms with Crippen LogP contribution in [0.4, 0.5) is 0 Å². The average Bonchev–Trinajstić information content (AvgIpc) is 2.72. The van der Waals surface area contributed by atoms with Crippen molar-refractivity contribution in [1.29, 1.82) is 0 Å². The Bertz CT molecular complexity index is 951. The molecule has 0 bridgehead atoms. The molecular formula is C26H33NO4. The zero-order valence-electron chi connectivity index (χ0n) is 19.6. The Balaban J connectivity index is 2.37. The first kappa shape index (κ1) is 24.2. The van der Waals surface area contributed by atoms with Gasteiger partial charge < -0.3 is 14.4 Å². The van der Waals surface area contributed by atoms with Gasteiger partial charge in [0.2, 0.25) is 0 Å². The minimum absolute atomic E-state index is 0.0972. The van der Waals surface area contributed by atoms with Gasteiger partial charge in [-0.2, -0.15) is 0 Å². The SMILES string of the molecule is CCOc1cc(OCC)c(C(C)(C)C)cc1/C=C/C(=O)c1ccc(C(=O)N(C)C)cc1. The molecule has 166 valence electrons. The van der Waals surface area contributed by atoms with E-state index < -0.39 is 0 Å². The number of ether oxygens (including phenoxy) is 2. The molecule has 5 heteroatoms. The van der Waals surface area contributed by atoms with Crippen LogP contribution in [0.15, 0.2) is 42.5 Å². The second-order valence-corrected chi connectivity index (χ2v) is 8.48. The van der Waals surface area contributed by atoms with E-state index in [1.54, 1.807) is 44.4 Å². The molecule has 0 N–H and O–H groups in total. The van der Waals surface area contributed by atoms with E-state index in [9.17, 15) is 9.59 Å². The molecule has 0 saturated carbocycles. The molecule has 0 aliphatic heterocycles. The van der Waals surface area contributed by atoms with Gasteiger partial charge in [0, 0.05) is 42.4 Å². The van der Waals surface area contributed by atoms with E-state index in [4.69, 9.17) is 9.47 Å². The van der Waals surface area contributed by atoms with Crippen molar-refractivity contribution in [2.75, 3.05) is 27.3 Å². The van der Waals surface area contributed by atoms with Gasteiger partial charge in [0.15, 0.2) is 5.78 Å².